The maximum atomic E-state index is 13.4. The SMILES string of the molecule is COC(=O)NC(C(=O)N1CCCC1c1ncc(C#Cc2ccc(C#Cc3cnc(C4CCCN4C(=O)C(NC(=O)OC)C(C)C)[nH]3)s2)[nH]1)C(C)C. The summed E-state index contributed by atoms with van der Waals surface area (Å²) in [5, 5.41) is 5.33. The predicted molar refractivity (Wildman–Crippen MR) is 189 cm³/mol. The van der Waals surface area contributed by atoms with Crippen LogP contribution in [0.3, 0.4) is 0 Å². The van der Waals surface area contributed by atoms with E-state index in [1.54, 1.807) is 22.2 Å². The first-order valence-electron chi connectivity index (χ1n) is 17.0. The molecule has 0 aliphatic carbocycles. The number of amides is 4. The second kappa shape index (κ2) is 16.6. The number of alkyl carbamates (subject to hydrolysis) is 2. The van der Waals surface area contributed by atoms with Crippen molar-refractivity contribution in [2.24, 2.45) is 11.8 Å². The van der Waals surface area contributed by atoms with Gasteiger partial charge in [0.15, 0.2) is 0 Å². The zero-order valence-electron chi connectivity index (χ0n) is 29.7. The number of aromatic amines is 2. The highest BCUT2D eigenvalue weighted by molar-refractivity contribution is 7.13. The Hall–Kier alpha value is -5.28. The summed E-state index contributed by atoms with van der Waals surface area (Å²) in [5.74, 6) is 13.3. The van der Waals surface area contributed by atoms with Gasteiger partial charge in [0.2, 0.25) is 11.8 Å². The van der Waals surface area contributed by atoms with Crippen molar-refractivity contribution in [2.75, 3.05) is 27.3 Å². The number of methoxy groups -OCH3 is 2. The van der Waals surface area contributed by atoms with Gasteiger partial charge in [-0.25, -0.2) is 19.6 Å². The topological polar surface area (TPSA) is 175 Å². The minimum atomic E-state index is -0.701. The number of carbonyl (C=O) groups is 4. The fraction of sp³-hybridized carbons (Fsp3) is 0.500. The number of nitrogens with zero attached hydrogens (tertiary/aromatic N) is 4. The largest absolute Gasteiger partial charge is 0.453 e. The van der Waals surface area contributed by atoms with E-state index in [1.807, 2.05) is 39.8 Å². The number of ether oxygens (including phenoxy) is 2. The van der Waals surface area contributed by atoms with Gasteiger partial charge in [-0.1, -0.05) is 27.7 Å². The number of thiophene rings is 1. The Balaban J connectivity index is 1.21. The van der Waals surface area contributed by atoms with Crippen LogP contribution in [-0.2, 0) is 19.1 Å². The molecule has 0 bridgehead atoms. The number of rotatable bonds is 8. The van der Waals surface area contributed by atoms with Crippen molar-refractivity contribution in [2.45, 2.75) is 77.5 Å². The number of H-pyrrole nitrogens is 2. The maximum Gasteiger partial charge on any atom is 0.407 e. The molecule has 270 valence electrons. The van der Waals surface area contributed by atoms with E-state index in [0.29, 0.717) is 36.1 Å². The quantitative estimate of drug-likeness (QED) is 0.252. The van der Waals surface area contributed by atoms with Crippen molar-refractivity contribution >= 4 is 35.3 Å². The maximum absolute atomic E-state index is 13.4. The molecular weight excluding hydrogens is 673 g/mol. The van der Waals surface area contributed by atoms with Crippen LogP contribution in [-0.4, -0.2) is 93.1 Å². The Morgan fingerprint density at radius 2 is 1.16 bits per heavy atom. The third-order valence-corrected chi connectivity index (χ3v) is 9.84. The van der Waals surface area contributed by atoms with Gasteiger partial charge < -0.3 is 39.9 Å². The molecule has 5 rings (SSSR count). The van der Waals surface area contributed by atoms with Crippen molar-refractivity contribution in [1.82, 2.24) is 40.4 Å². The molecule has 3 aromatic rings. The summed E-state index contributed by atoms with van der Waals surface area (Å²) in [4.78, 5) is 71.3. The molecule has 3 aromatic heterocycles. The molecule has 14 nitrogen and oxygen atoms in total. The lowest BCUT2D eigenvalue weighted by Crippen LogP contribution is -2.51. The number of imidazole rings is 2. The van der Waals surface area contributed by atoms with Gasteiger partial charge >= 0.3 is 12.2 Å². The molecule has 0 spiro atoms. The Kier molecular flexibility index (Phi) is 12.1. The fourth-order valence-electron chi connectivity index (χ4n) is 6.25. The van der Waals surface area contributed by atoms with Crippen LogP contribution in [0.2, 0.25) is 0 Å². The lowest BCUT2D eigenvalue weighted by atomic mass is 10.0. The van der Waals surface area contributed by atoms with E-state index in [0.717, 1.165) is 35.4 Å². The van der Waals surface area contributed by atoms with E-state index in [1.165, 1.54) is 25.6 Å². The van der Waals surface area contributed by atoms with Crippen LogP contribution in [0.25, 0.3) is 0 Å². The molecule has 2 fully saturated rings. The van der Waals surface area contributed by atoms with Gasteiger partial charge in [0.05, 0.1) is 48.5 Å². The second-order valence-electron chi connectivity index (χ2n) is 13.1. The van der Waals surface area contributed by atoms with Gasteiger partial charge in [0.25, 0.3) is 0 Å². The second-order valence-corrected chi connectivity index (χ2v) is 14.2. The van der Waals surface area contributed by atoms with E-state index in [9.17, 15) is 19.2 Å². The van der Waals surface area contributed by atoms with Crippen LogP contribution in [0.5, 0.6) is 0 Å². The average Bonchev–Trinajstić information content (AvgIpc) is 3.96. The van der Waals surface area contributed by atoms with E-state index >= 15 is 0 Å². The van der Waals surface area contributed by atoms with E-state index < -0.39 is 24.3 Å². The van der Waals surface area contributed by atoms with Crippen LogP contribution in [0.15, 0.2) is 24.5 Å². The molecule has 2 aliphatic rings. The van der Waals surface area contributed by atoms with Gasteiger partial charge in [-0.2, -0.15) is 0 Å². The minimum absolute atomic E-state index is 0.116. The molecule has 4 N–H and O–H groups in total. The molecule has 0 aromatic carbocycles. The molecule has 2 saturated heterocycles. The first kappa shape index (κ1) is 37.0. The normalized spacial score (nSPS) is 18.0. The molecular formula is C36H44N8O6S. The van der Waals surface area contributed by atoms with Crippen molar-refractivity contribution in [3.05, 3.63) is 57.3 Å². The van der Waals surface area contributed by atoms with Gasteiger partial charge in [-0.05, 0) is 73.3 Å². The molecule has 0 radical (unpaired) electrons. The van der Waals surface area contributed by atoms with Crippen molar-refractivity contribution in [1.29, 1.82) is 0 Å². The molecule has 51 heavy (non-hydrogen) atoms. The molecule has 0 saturated carbocycles. The lowest BCUT2D eigenvalue weighted by molar-refractivity contribution is -0.136. The molecule has 2 aliphatic heterocycles. The zero-order chi connectivity index (χ0) is 36.7. The summed E-state index contributed by atoms with van der Waals surface area (Å²) in [6, 6.07) is 1.94. The molecule has 4 atom stereocenters. The summed E-state index contributed by atoms with van der Waals surface area (Å²) in [5.41, 5.74) is 1.26. The molecule has 4 amide bonds. The predicted octanol–water partition coefficient (Wildman–Crippen LogP) is 4.08. The van der Waals surface area contributed by atoms with Gasteiger partial charge in [0.1, 0.15) is 35.1 Å². The summed E-state index contributed by atoms with van der Waals surface area (Å²) in [7, 11) is 2.55. The van der Waals surface area contributed by atoms with Crippen molar-refractivity contribution in [3.63, 3.8) is 0 Å². The van der Waals surface area contributed by atoms with E-state index in [-0.39, 0.29) is 35.7 Å². The Morgan fingerprint density at radius 1 is 0.745 bits per heavy atom. The summed E-state index contributed by atoms with van der Waals surface area (Å²) < 4.78 is 9.44. The third-order valence-electron chi connectivity index (χ3n) is 8.92. The van der Waals surface area contributed by atoms with Crippen molar-refractivity contribution in [3.8, 4) is 23.7 Å². The molecule has 4 unspecified atom stereocenters. The van der Waals surface area contributed by atoms with Crippen LogP contribution in [0, 0.1) is 35.5 Å². The van der Waals surface area contributed by atoms with Gasteiger partial charge in [-0.15, -0.1) is 11.3 Å². The Bertz CT molecular complexity index is 1730. The Morgan fingerprint density at radius 3 is 1.53 bits per heavy atom. The molecule has 5 heterocycles. The number of carbonyl (C=O) groups excluding carboxylic acids is 4. The van der Waals surface area contributed by atoms with Gasteiger partial charge in [0, 0.05) is 13.1 Å². The first-order valence-corrected chi connectivity index (χ1v) is 17.8. The highest BCUT2D eigenvalue weighted by Crippen LogP contribution is 2.32. The summed E-state index contributed by atoms with van der Waals surface area (Å²) in [6.45, 7) is 8.67. The van der Waals surface area contributed by atoms with Crippen LogP contribution in [0.1, 0.15) is 98.3 Å². The summed E-state index contributed by atoms with van der Waals surface area (Å²) >= 11 is 1.46. The van der Waals surface area contributed by atoms with Crippen LogP contribution < -0.4 is 10.6 Å². The fourth-order valence-corrected chi connectivity index (χ4v) is 6.97. The van der Waals surface area contributed by atoms with Gasteiger partial charge in [-0.3, -0.25) is 9.59 Å². The van der Waals surface area contributed by atoms with Crippen LogP contribution in [0.4, 0.5) is 9.59 Å². The standard InChI is InChI=1S/C36H44N8O6S/c1-21(2)29(41-35(47)49-5)33(45)43-17-7-9-27(43)31-37-19-23(39-31)11-13-25-15-16-26(51-25)14-12-24-20-38-32(40-24)28-10-8-18-44(28)34(46)30(22(3)4)42-36(48)50-6/h15-16,19-22,27-30H,7-10,17-18H2,1-6H3,(H,37,39)(H,38,40)(H,41,47)(H,42,48). The monoisotopic (exact) mass is 716 g/mol. The number of hydrogen-bond acceptors (Lipinski definition) is 9. The first-order chi connectivity index (χ1) is 24.5. The highest BCUT2D eigenvalue weighted by atomic mass is 32.1. The minimum Gasteiger partial charge on any atom is -0.453 e. The zero-order valence-corrected chi connectivity index (χ0v) is 30.5. The number of likely N-dealkylation sites (tertiary alicyclic amines) is 2. The van der Waals surface area contributed by atoms with Crippen LogP contribution >= 0.6 is 11.3 Å². The van der Waals surface area contributed by atoms with E-state index in [2.05, 4.69) is 54.3 Å². The average molecular weight is 717 g/mol. The van der Waals surface area contributed by atoms with Crippen molar-refractivity contribution < 1.29 is 28.7 Å². The number of nitrogens with one attached hydrogen (secondary N) is 4. The van der Waals surface area contributed by atoms with E-state index in [4.69, 9.17) is 9.47 Å². The highest BCUT2D eigenvalue weighted by Gasteiger charge is 2.38. The smallest absolute Gasteiger partial charge is 0.407 e. The number of aromatic nitrogens is 4. The Labute approximate surface area is 301 Å². The molecule has 15 heteroatoms. The number of hydrogen-bond donors (Lipinski definition) is 4. The lowest BCUT2D eigenvalue weighted by Gasteiger charge is -2.29. The summed E-state index contributed by atoms with van der Waals surface area (Å²) in [6.07, 6.45) is 5.21. The third kappa shape index (κ3) is 8.91.